The minimum Gasteiger partial charge on any atom is -0.377 e. The Morgan fingerprint density at radius 2 is 1.81 bits per heavy atom. The van der Waals surface area contributed by atoms with Crippen LogP contribution in [0.2, 0.25) is 0 Å². The number of hydrogen-bond acceptors (Lipinski definition) is 3. The second-order valence-electron chi connectivity index (χ2n) is 4.19. The summed E-state index contributed by atoms with van der Waals surface area (Å²) in [5.41, 5.74) is 0. The van der Waals surface area contributed by atoms with Crippen molar-refractivity contribution in [3.63, 3.8) is 0 Å². The summed E-state index contributed by atoms with van der Waals surface area (Å²) >= 11 is 0. The van der Waals surface area contributed by atoms with Gasteiger partial charge in [-0.05, 0) is 25.3 Å². The molecular formula is C13H29NO2. The normalized spacial score (nSPS) is 24.2. The molecule has 1 saturated heterocycles. The van der Waals surface area contributed by atoms with Crippen LogP contribution in [0.3, 0.4) is 0 Å². The van der Waals surface area contributed by atoms with Crippen molar-refractivity contribution in [1.29, 1.82) is 0 Å². The van der Waals surface area contributed by atoms with Gasteiger partial charge in [-0.2, -0.15) is 0 Å². The fourth-order valence-corrected chi connectivity index (χ4v) is 1.49. The first-order valence-electron chi connectivity index (χ1n) is 6.71. The molecule has 0 aliphatic carbocycles. The molecule has 98 valence electrons. The van der Waals surface area contributed by atoms with Crippen LogP contribution in [-0.2, 0) is 9.47 Å². The standard InChI is InChI=1S/C11H23NO2.C2H6/c1-10(2)11-9-13-8-6-12-5-3-4-7-14-11;1-2/h10-12H,3-9H2,1-2H3;1-2H3. The maximum Gasteiger partial charge on any atom is 0.0831 e. The topological polar surface area (TPSA) is 30.5 Å². The number of rotatable bonds is 1. The van der Waals surface area contributed by atoms with E-state index >= 15 is 0 Å². The van der Waals surface area contributed by atoms with E-state index in [1.165, 1.54) is 6.42 Å². The Kier molecular flexibility index (Phi) is 11.3. The molecule has 0 bridgehead atoms. The van der Waals surface area contributed by atoms with Crippen LogP contribution < -0.4 is 5.32 Å². The quantitative estimate of drug-likeness (QED) is 0.752. The van der Waals surface area contributed by atoms with E-state index in [1.807, 2.05) is 13.8 Å². The van der Waals surface area contributed by atoms with Gasteiger partial charge in [-0.1, -0.05) is 27.7 Å². The first kappa shape index (κ1) is 15.9. The summed E-state index contributed by atoms with van der Waals surface area (Å²) in [6, 6.07) is 0. The molecule has 0 aromatic rings. The molecular weight excluding hydrogens is 202 g/mol. The van der Waals surface area contributed by atoms with Crippen LogP contribution in [-0.4, -0.2) is 39.0 Å². The van der Waals surface area contributed by atoms with E-state index in [-0.39, 0.29) is 6.10 Å². The molecule has 16 heavy (non-hydrogen) atoms. The molecule has 1 fully saturated rings. The highest BCUT2D eigenvalue weighted by Crippen LogP contribution is 2.08. The van der Waals surface area contributed by atoms with Gasteiger partial charge >= 0.3 is 0 Å². The molecule has 3 heteroatoms. The molecule has 1 unspecified atom stereocenters. The van der Waals surface area contributed by atoms with Gasteiger partial charge in [0.05, 0.1) is 19.3 Å². The largest absolute Gasteiger partial charge is 0.377 e. The number of ether oxygens (including phenoxy) is 2. The van der Waals surface area contributed by atoms with Crippen LogP contribution >= 0.6 is 0 Å². The molecule has 1 aliphatic heterocycles. The average molecular weight is 231 g/mol. The second-order valence-corrected chi connectivity index (χ2v) is 4.19. The van der Waals surface area contributed by atoms with Crippen LogP contribution in [0.1, 0.15) is 40.5 Å². The summed E-state index contributed by atoms with van der Waals surface area (Å²) in [7, 11) is 0. The van der Waals surface area contributed by atoms with Gasteiger partial charge < -0.3 is 14.8 Å². The number of hydrogen-bond donors (Lipinski definition) is 1. The molecule has 1 aliphatic rings. The molecule has 1 heterocycles. The number of nitrogens with one attached hydrogen (secondary N) is 1. The Balaban J connectivity index is 0.00000106. The fraction of sp³-hybridized carbons (Fsp3) is 1.00. The highest BCUT2D eigenvalue weighted by Gasteiger charge is 2.14. The van der Waals surface area contributed by atoms with Gasteiger partial charge in [0, 0.05) is 13.2 Å². The predicted molar refractivity (Wildman–Crippen MR) is 68.8 cm³/mol. The van der Waals surface area contributed by atoms with E-state index in [0.717, 1.165) is 39.3 Å². The third-order valence-corrected chi connectivity index (χ3v) is 2.53. The van der Waals surface area contributed by atoms with Crippen molar-refractivity contribution in [1.82, 2.24) is 5.32 Å². The van der Waals surface area contributed by atoms with Crippen molar-refractivity contribution in [3.05, 3.63) is 0 Å². The Labute approximate surface area is 101 Å². The lowest BCUT2D eigenvalue weighted by atomic mass is 10.1. The van der Waals surface area contributed by atoms with Crippen LogP contribution in [0.25, 0.3) is 0 Å². The van der Waals surface area contributed by atoms with Gasteiger partial charge in [0.1, 0.15) is 0 Å². The smallest absolute Gasteiger partial charge is 0.0831 e. The summed E-state index contributed by atoms with van der Waals surface area (Å²) in [4.78, 5) is 0. The van der Waals surface area contributed by atoms with Crippen LogP contribution in [0.5, 0.6) is 0 Å². The van der Waals surface area contributed by atoms with E-state index in [2.05, 4.69) is 19.2 Å². The van der Waals surface area contributed by atoms with Crippen molar-refractivity contribution < 1.29 is 9.47 Å². The molecule has 0 saturated carbocycles. The molecule has 0 spiro atoms. The lowest BCUT2D eigenvalue weighted by molar-refractivity contribution is -0.0376. The first-order valence-corrected chi connectivity index (χ1v) is 6.71. The molecule has 0 aromatic heterocycles. The van der Waals surface area contributed by atoms with Gasteiger partial charge in [0.2, 0.25) is 0 Å². The van der Waals surface area contributed by atoms with E-state index < -0.39 is 0 Å². The summed E-state index contributed by atoms with van der Waals surface area (Å²) in [6.07, 6.45) is 2.62. The maximum absolute atomic E-state index is 5.78. The third kappa shape index (κ3) is 8.08. The summed E-state index contributed by atoms with van der Waals surface area (Å²) in [5, 5.41) is 3.35. The SMILES string of the molecule is CC.CC(C)C1COCCNCCCCO1. The molecule has 0 radical (unpaired) electrons. The Morgan fingerprint density at radius 3 is 2.50 bits per heavy atom. The van der Waals surface area contributed by atoms with Gasteiger partial charge in [0.15, 0.2) is 0 Å². The van der Waals surface area contributed by atoms with Crippen molar-refractivity contribution in [2.45, 2.75) is 46.6 Å². The summed E-state index contributed by atoms with van der Waals surface area (Å²) in [6.45, 7) is 12.8. The average Bonchev–Trinajstić information content (AvgIpc) is 2.36. The van der Waals surface area contributed by atoms with Crippen LogP contribution in [0, 0.1) is 5.92 Å². The third-order valence-electron chi connectivity index (χ3n) is 2.53. The monoisotopic (exact) mass is 231 g/mol. The lowest BCUT2D eigenvalue weighted by Crippen LogP contribution is -2.27. The zero-order chi connectivity index (χ0) is 12.2. The van der Waals surface area contributed by atoms with Crippen LogP contribution in [0.4, 0.5) is 0 Å². The van der Waals surface area contributed by atoms with Gasteiger partial charge in [-0.15, -0.1) is 0 Å². The Bertz CT molecular complexity index is 128. The van der Waals surface area contributed by atoms with Crippen molar-refractivity contribution >= 4 is 0 Å². The molecule has 3 nitrogen and oxygen atoms in total. The second kappa shape index (κ2) is 11.4. The molecule has 1 atom stereocenters. The van der Waals surface area contributed by atoms with Crippen molar-refractivity contribution in [2.75, 3.05) is 32.9 Å². The van der Waals surface area contributed by atoms with E-state index in [9.17, 15) is 0 Å². The highest BCUT2D eigenvalue weighted by molar-refractivity contribution is 4.62. The minimum atomic E-state index is 0.271. The van der Waals surface area contributed by atoms with Gasteiger partial charge in [-0.3, -0.25) is 0 Å². The van der Waals surface area contributed by atoms with Crippen molar-refractivity contribution in [2.24, 2.45) is 5.92 Å². The molecule has 0 aromatic carbocycles. The fourth-order valence-electron chi connectivity index (χ4n) is 1.49. The predicted octanol–water partition coefficient (Wildman–Crippen LogP) is 2.45. The molecule has 0 amide bonds. The van der Waals surface area contributed by atoms with E-state index in [0.29, 0.717) is 5.92 Å². The van der Waals surface area contributed by atoms with Crippen LogP contribution in [0.15, 0.2) is 0 Å². The summed E-state index contributed by atoms with van der Waals surface area (Å²) < 4.78 is 11.3. The summed E-state index contributed by atoms with van der Waals surface area (Å²) in [5.74, 6) is 0.545. The molecule has 1 rings (SSSR count). The minimum absolute atomic E-state index is 0.271. The maximum atomic E-state index is 5.78. The lowest BCUT2D eigenvalue weighted by Gasteiger charge is -2.21. The van der Waals surface area contributed by atoms with E-state index in [4.69, 9.17) is 9.47 Å². The molecule has 1 N–H and O–H groups in total. The zero-order valence-electron chi connectivity index (χ0n) is 11.4. The van der Waals surface area contributed by atoms with Gasteiger partial charge in [-0.25, -0.2) is 0 Å². The van der Waals surface area contributed by atoms with E-state index in [1.54, 1.807) is 0 Å². The Morgan fingerprint density at radius 1 is 1.06 bits per heavy atom. The highest BCUT2D eigenvalue weighted by atomic mass is 16.5. The zero-order valence-corrected chi connectivity index (χ0v) is 11.4. The van der Waals surface area contributed by atoms with Crippen molar-refractivity contribution in [3.8, 4) is 0 Å². The first-order chi connectivity index (χ1) is 7.80. The van der Waals surface area contributed by atoms with Gasteiger partial charge in [0.25, 0.3) is 0 Å². The Hall–Kier alpha value is -0.120.